The van der Waals surface area contributed by atoms with E-state index in [-0.39, 0.29) is 23.3 Å². The summed E-state index contributed by atoms with van der Waals surface area (Å²) in [6.07, 6.45) is 16.2. The van der Waals surface area contributed by atoms with Crippen molar-refractivity contribution >= 4 is 81.4 Å². The zero-order valence-corrected chi connectivity index (χ0v) is 32.2. The molecule has 0 radical (unpaired) electrons. The molecule has 2 aromatic carbocycles. The minimum atomic E-state index is -0.105. The fourth-order valence-electron chi connectivity index (χ4n) is 3.64. The van der Waals surface area contributed by atoms with Crippen LogP contribution in [0.15, 0.2) is 97.6 Å². The highest BCUT2D eigenvalue weighted by Crippen LogP contribution is 2.22. The summed E-state index contributed by atoms with van der Waals surface area (Å²) in [5.41, 5.74) is 5.84. The minimum Gasteiger partial charge on any atom is -0.325 e. The van der Waals surface area contributed by atoms with Gasteiger partial charge in [-0.1, -0.05) is 97.9 Å². The number of aromatic nitrogens is 2. The van der Waals surface area contributed by atoms with Crippen LogP contribution < -0.4 is 19.8 Å². The average Bonchev–Trinajstić information content (AvgIpc) is 3.13. The highest BCUT2D eigenvalue weighted by Gasteiger charge is 2.07. The lowest BCUT2D eigenvalue weighted by atomic mass is 10.1. The third-order valence-electron chi connectivity index (χ3n) is 5.93. The Morgan fingerprint density at radius 1 is 0.551 bits per heavy atom. The van der Waals surface area contributed by atoms with E-state index in [4.69, 9.17) is 0 Å². The number of carbonyl (C=O) groups excluding carboxylic acids is 2. The summed E-state index contributed by atoms with van der Waals surface area (Å²) >= 11 is 0.963. The molecule has 0 aliphatic carbocycles. The molecule has 0 unspecified atom stereocenters. The summed E-state index contributed by atoms with van der Waals surface area (Å²) in [6, 6.07) is 23.6. The fourth-order valence-corrected chi connectivity index (χ4v) is 5.44. The van der Waals surface area contributed by atoms with E-state index < -0.39 is 0 Å². The second-order valence-electron chi connectivity index (χ2n) is 9.53. The van der Waals surface area contributed by atoms with Crippen LogP contribution in [-0.4, -0.2) is 37.5 Å². The largest absolute Gasteiger partial charge is 0.325 e. The van der Waals surface area contributed by atoms with Crippen LogP contribution in [0.1, 0.15) is 49.9 Å². The quantitative estimate of drug-likeness (QED) is 0.0620. The number of nitrogens with one attached hydrogen (secondary N) is 2. The van der Waals surface area contributed by atoms with E-state index in [1.807, 2.05) is 161 Å². The Labute approximate surface area is 305 Å². The first-order valence-electron chi connectivity index (χ1n) is 15.9. The minimum absolute atomic E-state index is 0.105. The molecule has 0 aliphatic heterocycles. The summed E-state index contributed by atoms with van der Waals surface area (Å²) in [4.78, 5) is 24.6. The van der Waals surface area contributed by atoms with E-state index in [0.717, 1.165) is 46.0 Å². The summed E-state index contributed by atoms with van der Waals surface area (Å²) in [6.45, 7) is 8.00. The van der Waals surface area contributed by atoms with Crippen LogP contribution in [0.5, 0.6) is 0 Å². The Hall–Kier alpha value is -3.87. The second-order valence-corrected chi connectivity index (χ2v) is 12.8. The van der Waals surface area contributed by atoms with Gasteiger partial charge in [0.2, 0.25) is 11.8 Å². The maximum absolute atomic E-state index is 12.3. The van der Waals surface area contributed by atoms with Gasteiger partial charge in [0.25, 0.3) is 0 Å². The van der Waals surface area contributed by atoms with Crippen LogP contribution in [-0.2, 0) is 32.1 Å². The molecular formula is C38H50N4O4S3+2. The van der Waals surface area contributed by atoms with Gasteiger partial charge in [-0.25, -0.2) is 9.13 Å². The molecule has 0 saturated heterocycles. The van der Waals surface area contributed by atoms with E-state index in [2.05, 4.69) is 31.2 Å². The highest BCUT2D eigenvalue weighted by atomic mass is 33.1. The molecule has 4 aromatic rings. The zero-order chi connectivity index (χ0) is 36.3. The van der Waals surface area contributed by atoms with Crippen molar-refractivity contribution in [2.75, 3.05) is 36.4 Å². The summed E-state index contributed by atoms with van der Waals surface area (Å²) < 4.78 is 12.8. The lowest BCUT2D eigenvalue weighted by molar-refractivity contribution is -0.671. The molecule has 0 atom stereocenters. The number of aryl methyl sites for hydroxylation is 2. The van der Waals surface area contributed by atoms with Gasteiger partial charge in [-0.05, 0) is 46.5 Å². The monoisotopic (exact) mass is 722 g/mol. The third kappa shape index (κ3) is 19.7. The van der Waals surface area contributed by atoms with Crippen LogP contribution in [0.2, 0.25) is 0 Å². The molecule has 0 saturated carbocycles. The Balaban J connectivity index is 0.00000120. The van der Waals surface area contributed by atoms with Crippen LogP contribution in [0.25, 0.3) is 24.3 Å². The van der Waals surface area contributed by atoms with Gasteiger partial charge >= 0.3 is 0 Å². The predicted octanol–water partition coefficient (Wildman–Crippen LogP) is 8.53. The van der Waals surface area contributed by atoms with Crippen LogP contribution in [0.4, 0.5) is 11.4 Å². The van der Waals surface area contributed by atoms with Gasteiger partial charge in [-0.15, -0.1) is 0 Å². The molecule has 2 heterocycles. The molecule has 0 spiro atoms. The molecule has 0 bridgehead atoms. The summed E-state index contributed by atoms with van der Waals surface area (Å²) in [7, 11) is 9.79. The number of benzene rings is 2. The maximum atomic E-state index is 12.3. The van der Waals surface area contributed by atoms with Gasteiger partial charge in [0, 0.05) is 35.6 Å². The van der Waals surface area contributed by atoms with E-state index in [1.54, 1.807) is 14.2 Å². The van der Waals surface area contributed by atoms with Crippen molar-refractivity contribution in [2.24, 2.45) is 14.1 Å². The Morgan fingerprint density at radius 3 is 1.10 bits per heavy atom. The van der Waals surface area contributed by atoms with E-state index >= 15 is 0 Å². The number of carbonyl (C=O) groups is 2. The standard InChI is InChI=1S/C32H30N4O2S2.C2H6O2S.2C2H6/c1-35-19-15-27(16-20-35)5-3-25-7-11-29(12-8-25)33-31(37)23-39-40-24-32(38)34-30-13-9-26(10-14-30)4-6-28-17-21-36(2)22-18-28;1-3-5-4-2;2*1-2/h3-22H,23-24H2,1-2H3;1-2H3;2*1-2H3/p+2. The predicted molar refractivity (Wildman–Crippen MR) is 212 cm³/mol. The first kappa shape index (κ1) is 43.2. The van der Waals surface area contributed by atoms with Gasteiger partial charge in [-0.2, -0.15) is 0 Å². The smallest absolute Gasteiger partial charge is 0.235 e. The molecule has 0 fully saturated rings. The van der Waals surface area contributed by atoms with Crippen LogP contribution in [0.3, 0.4) is 0 Å². The van der Waals surface area contributed by atoms with Crippen molar-refractivity contribution in [3.63, 3.8) is 0 Å². The first-order valence-corrected chi connectivity index (χ1v) is 19.0. The molecule has 2 amide bonds. The number of anilines is 2. The van der Waals surface area contributed by atoms with Crippen LogP contribution in [0, 0.1) is 0 Å². The molecule has 49 heavy (non-hydrogen) atoms. The maximum Gasteiger partial charge on any atom is 0.235 e. The topological polar surface area (TPSA) is 84.4 Å². The van der Waals surface area contributed by atoms with Gasteiger partial charge in [0.05, 0.1) is 25.7 Å². The Kier molecular flexibility index (Phi) is 23.8. The summed E-state index contributed by atoms with van der Waals surface area (Å²) in [5.74, 6) is 0.301. The SMILES string of the molecule is CC.CC.COSOC.C[n+]1ccc(/C=C/c2ccc(NC(=O)CSSCC(=O)Nc3ccc(/C=C/c4cc[n+](C)cc4)cc3)cc2)cc1. The van der Waals surface area contributed by atoms with Gasteiger partial charge in [-0.3, -0.25) is 18.0 Å². The molecule has 262 valence electrons. The van der Waals surface area contributed by atoms with E-state index in [1.165, 1.54) is 21.6 Å². The van der Waals surface area contributed by atoms with E-state index in [0.29, 0.717) is 0 Å². The number of hydrogen-bond acceptors (Lipinski definition) is 7. The van der Waals surface area contributed by atoms with Crippen molar-refractivity contribution < 1.29 is 27.1 Å². The van der Waals surface area contributed by atoms with E-state index in [9.17, 15) is 9.59 Å². The summed E-state index contributed by atoms with van der Waals surface area (Å²) in [5, 5.41) is 5.80. The fraction of sp³-hybridized carbons (Fsp3) is 0.263. The molecular weight excluding hydrogens is 673 g/mol. The molecule has 0 aliphatic rings. The van der Waals surface area contributed by atoms with Crippen molar-refractivity contribution in [1.29, 1.82) is 0 Å². The van der Waals surface area contributed by atoms with Crippen molar-refractivity contribution in [2.45, 2.75) is 27.7 Å². The van der Waals surface area contributed by atoms with Crippen LogP contribution >= 0.6 is 33.9 Å². The lowest BCUT2D eigenvalue weighted by Crippen LogP contribution is -2.25. The number of nitrogens with zero attached hydrogens (tertiary/aromatic N) is 2. The third-order valence-corrected chi connectivity index (χ3v) is 8.34. The molecule has 2 aromatic heterocycles. The first-order chi connectivity index (χ1) is 23.8. The number of rotatable bonds is 13. The molecule has 4 rings (SSSR count). The zero-order valence-electron chi connectivity index (χ0n) is 29.7. The number of pyridine rings is 2. The van der Waals surface area contributed by atoms with Gasteiger partial charge in [0.15, 0.2) is 37.1 Å². The molecule has 8 nitrogen and oxygen atoms in total. The van der Waals surface area contributed by atoms with Crippen molar-refractivity contribution in [1.82, 2.24) is 0 Å². The number of amides is 2. The molecule has 2 N–H and O–H groups in total. The molecule has 11 heteroatoms. The lowest BCUT2D eigenvalue weighted by Gasteiger charge is -2.07. The van der Waals surface area contributed by atoms with Gasteiger partial charge < -0.3 is 10.6 Å². The number of hydrogen-bond donors (Lipinski definition) is 2. The second kappa shape index (κ2) is 27.0. The average molecular weight is 723 g/mol. The van der Waals surface area contributed by atoms with Crippen molar-refractivity contribution in [3.8, 4) is 0 Å². The normalized spacial score (nSPS) is 10.2. The van der Waals surface area contributed by atoms with Gasteiger partial charge in [0.1, 0.15) is 14.1 Å². The Bertz CT molecular complexity index is 1410. The van der Waals surface area contributed by atoms with Crippen molar-refractivity contribution in [3.05, 3.63) is 120 Å². The Morgan fingerprint density at radius 2 is 0.837 bits per heavy atom. The highest BCUT2D eigenvalue weighted by molar-refractivity contribution is 8.77.